The van der Waals surface area contributed by atoms with Crippen molar-refractivity contribution < 1.29 is 4.39 Å². The first-order valence-electron chi connectivity index (χ1n) is 5.33. The highest BCUT2D eigenvalue weighted by molar-refractivity contribution is 6.30. The molecule has 0 aliphatic heterocycles. The van der Waals surface area contributed by atoms with Crippen LogP contribution in [-0.4, -0.2) is 6.54 Å². The van der Waals surface area contributed by atoms with Crippen LogP contribution in [-0.2, 0) is 5.41 Å². The summed E-state index contributed by atoms with van der Waals surface area (Å²) >= 11 is 5.87. The summed E-state index contributed by atoms with van der Waals surface area (Å²) in [5.74, 6) is -0.266. The maximum atomic E-state index is 13.3. The Hall–Kier alpha value is -0.600. The van der Waals surface area contributed by atoms with Crippen LogP contribution in [0.15, 0.2) is 18.2 Å². The van der Waals surface area contributed by atoms with Crippen LogP contribution in [0.5, 0.6) is 0 Å². The fourth-order valence-corrected chi connectivity index (χ4v) is 2.74. The summed E-state index contributed by atoms with van der Waals surface area (Å²) in [5.41, 5.74) is 6.76. The molecule has 1 aromatic rings. The van der Waals surface area contributed by atoms with Crippen molar-refractivity contribution in [1.82, 2.24) is 0 Å². The number of benzene rings is 1. The van der Waals surface area contributed by atoms with E-state index in [2.05, 4.69) is 0 Å². The highest BCUT2D eigenvalue weighted by Gasteiger charge is 2.34. The molecule has 1 aliphatic rings. The Balaban J connectivity index is 2.42. The zero-order chi connectivity index (χ0) is 10.9. The standard InChI is InChI=1S/C12H15ClFN/c13-10-5-9(6-11(14)7-10)12(8-15)3-1-2-4-12/h5-7H,1-4,8,15H2. The Labute approximate surface area is 94.4 Å². The van der Waals surface area contributed by atoms with E-state index in [1.165, 1.54) is 18.9 Å². The van der Waals surface area contributed by atoms with Gasteiger partial charge in [0.15, 0.2) is 0 Å². The Kier molecular flexibility index (Phi) is 2.98. The van der Waals surface area contributed by atoms with Crippen LogP contribution in [0.4, 0.5) is 4.39 Å². The lowest BCUT2D eigenvalue weighted by Gasteiger charge is -2.28. The molecule has 1 saturated carbocycles. The molecule has 0 aromatic heterocycles. The molecule has 0 saturated heterocycles. The zero-order valence-corrected chi connectivity index (χ0v) is 9.36. The van der Waals surface area contributed by atoms with Gasteiger partial charge in [-0.05, 0) is 36.6 Å². The van der Waals surface area contributed by atoms with E-state index in [1.807, 2.05) is 6.07 Å². The molecule has 1 fully saturated rings. The Morgan fingerprint density at radius 2 is 1.93 bits per heavy atom. The van der Waals surface area contributed by atoms with Crippen LogP contribution in [0.1, 0.15) is 31.2 Å². The minimum atomic E-state index is -0.266. The van der Waals surface area contributed by atoms with Gasteiger partial charge in [0, 0.05) is 17.0 Å². The van der Waals surface area contributed by atoms with Crippen LogP contribution in [0.25, 0.3) is 0 Å². The van der Waals surface area contributed by atoms with E-state index in [1.54, 1.807) is 6.07 Å². The Morgan fingerprint density at radius 1 is 1.27 bits per heavy atom. The quantitative estimate of drug-likeness (QED) is 0.825. The highest BCUT2D eigenvalue weighted by Crippen LogP contribution is 2.41. The largest absolute Gasteiger partial charge is 0.330 e. The third-order valence-corrected chi connectivity index (χ3v) is 3.64. The minimum absolute atomic E-state index is 0.0360. The van der Waals surface area contributed by atoms with Crippen molar-refractivity contribution in [3.05, 3.63) is 34.6 Å². The normalized spacial score (nSPS) is 19.4. The average molecular weight is 228 g/mol. The van der Waals surface area contributed by atoms with Gasteiger partial charge in [0.25, 0.3) is 0 Å². The molecular formula is C12H15ClFN. The molecule has 1 nitrogen and oxygen atoms in total. The van der Waals surface area contributed by atoms with Crippen LogP contribution >= 0.6 is 11.6 Å². The molecule has 1 aliphatic carbocycles. The SMILES string of the molecule is NCC1(c2cc(F)cc(Cl)c2)CCCC1. The lowest BCUT2D eigenvalue weighted by atomic mass is 9.79. The summed E-state index contributed by atoms with van der Waals surface area (Å²) in [7, 11) is 0. The predicted molar refractivity (Wildman–Crippen MR) is 60.6 cm³/mol. The van der Waals surface area contributed by atoms with Gasteiger partial charge < -0.3 is 5.73 Å². The summed E-state index contributed by atoms with van der Waals surface area (Å²) in [6.45, 7) is 0.576. The van der Waals surface area contributed by atoms with Gasteiger partial charge >= 0.3 is 0 Å². The molecule has 82 valence electrons. The molecule has 0 unspecified atom stereocenters. The van der Waals surface area contributed by atoms with Crippen LogP contribution in [0.3, 0.4) is 0 Å². The second kappa shape index (κ2) is 4.11. The first-order chi connectivity index (χ1) is 7.16. The van der Waals surface area contributed by atoms with Gasteiger partial charge in [0.1, 0.15) is 5.82 Å². The smallest absolute Gasteiger partial charge is 0.124 e. The van der Waals surface area contributed by atoms with Crippen LogP contribution in [0, 0.1) is 5.82 Å². The highest BCUT2D eigenvalue weighted by atomic mass is 35.5. The lowest BCUT2D eigenvalue weighted by molar-refractivity contribution is 0.449. The topological polar surface area (TPSA) is 26.0 Å². The van der Waals surface area contributed by atoms with E-state index < -0.39 is 0 Å². The van der Waals surface area contributed by atoms with E-state index >= 15 is 0 Å². The van der Waals surface area contributed by atoms with Crippen molar-refractivity contribution in [3.63, 3.8) is 0 Å². The van der Waals surface area contributed by atoms with E-state index in [4.69, 9.17) is 17.3 Å². The first-order valence-corrected chi connectivity index (χ1v) is 5.71. The third kappa shape index (κ3) is 2.01. The van der Waals surface area contributed by atoms with Crippen molar-refractivity contribution in [2.24, 2.45) is 5.73 Å². The van der Waals surface area contributed by atoms with Crippen molar-refractivity contribution in [2.75, 3.05) is 6.54 Å². The van der Waals surface area contributed by atoms with Gasteiger partial charge in [-0.3, -0.25) is 0 Å². The monoisotopic (exact) mass is 227 g/mol. The molecule has 0 radical (unpaired) electrons. The summed E-state index contributed by atoms with van der Waals surface area (Å²) in [4.78, 5) is 0. The van der Waals surface area contributed by atoms with Crippen molar-refractivity contribution in [2.45, 2.75) is 31.1 Å². The fraction of sp³-hybridized carbons (Fsp3) is 0.500. The maximum absolute atomic E-state index is 13.3. The van der Waals surface area contributed by atoms with Gasteiger partial charge in [-0.1, -0.05) is 24.4 Å². The number of hydrogen-bond donors (Lipinski definition) is 1. The summed E-state index contributed by atoms with van der Waals surface area (Å²) in [6.07, 6.45) is 4.43. The molecule has 0 bridgehead atoms. The molecule has 3 heteroatoms. The summed E-state index contributed by atoms with van der Waals surface area (Å²) in [5, 5.41) is 0.463. The van der Waals surface area contributed by atoms with Gasteiger partial charge in [-0.2, -0.15) is 0 Å². The fourth-order valence-electron chi connectivity index (χ4n) is 2.52. The number of hydrogen-bond acceptors (Lipinski definition) is 1. The Morgan fingerprint density at radius 3 is 2.47 bits per heavy atom. The second-order valence-corrected chi connectivity index (χ2v) is 4.79. The van der Waals surface area contributed by atoms with Gasteiger partial charge in [0.2, 0.25) is 0 Å². The predicted octanol–water partition coefficient (Wildman–Crippen LogP) is 3.25. The molecule has 15 heavy (non-hydrogen) atoms. The summed E-state index contributed by atoms with van der Waals surface area (Å²) in [6, 6.07) is 4.76. The van der Waals surface area contributed by atoms with E-state index in [0.29, 0.717) is 11.6 Å². The molecule has 2 N–H and O–H groups in total. The molecule has 0 heterocycles. The van der Waals surface area contributed by atoms with Crippen molar-refractivity contribution in [1.29, 1.82) is 0 Å². The van der Waals surface area contributed by atoms with E-state index in [0.717, 1.165) is 18.4 Å². The van der Waals surface area contributed by atoms with Crippen LogP contribution < -0.4 is 5.73 Å². The number of nitrogens with two attached hydrogens (primary N) is 1. The third-order valence-electron chi connectivity index (χ3n) is 3.43. The average Bonchev–Trinajstić information content (AvgIpc) is 2.65. The Bertz CT molecular complexity index is 338. The molecule has 0 atom stereocenters. The molecule has 1 aromatic carbocycles. The zero-order valence-electron chi connectivity index (χ0n) is 8.60. The van der Waals surface area contributed by atoms with E-state index in [9.17, 15) is 4.39 Å². The minimum Gasteiger partial charge on any atom is -0.330 e. The van der Waals surface area contributed by atoms with Gasteiger partial charge in [-0.25, -0.2) is 4.39 Å². The van der Waals surface area contributed by atoms with E-state index in [-0.39, 0.29) is 11.2 Å². The summed E-state index contributed by atoms with van der Waals surface area (Å²) < 4.78 is 13.3. The van der Waals surface area contributed by atoms with Gasteiger partial charge in [-0.15, -0.1) is 0 Å². The molecule has 0 spiro atoms. The maximum Gasteiger partial charge on any atom is 0.124 e. The van der Waals surface area contributed by atoms with Crippen molar-refractivity contribution >= 4 is 11.6 Å². The van der Waals surface area contributed by atoms with Gasteiger partial charge in [0.05, 0.1) is 0 Å². The van der Waals surface area contributed by atoms with Crippen molar-refractivity contribution in [3.8, 4) is 0 Å². The second-order valence-electron chi connectivity index (χ2n) is 4.35. The molecule has 2 rings (SSSR count). The molecule has 0 amide bonds. The number of halogens is 2. The first kappa shape index (κ1) is 10.9. The molecular weight excluding hydrogens is 213 g/mol. The lowest BCUT2D eigenvalue weighted by Crippen LogP contribution is -2.32. The number of rotatable bonds is 2. The van der Waals surface area contributed by atoms with Crippen LogP contribution in [0.2, 0.25) is 5.02 Å².